The lowest BCUT2D eigenvalue weighted by Gasteiger charge is -2.15. The van der Waals surface area contributed by atoms with Gasteiger partial charge in [-0.25, -0.2) is 4.98 Å². The Bertz CT molecular complexity index is 772. The molecule has 3 nitrogen and oxygen atoms in total. The van der Waals surface area contributed by atoms with Crippen LogP contribution in [0.1, 0.15) is 5.56 Å². The minimum atomic E-state index is 0.860. The molecule has 0 fully saturated rings. The predicted octanol–water partition coefficient (Wildman–Crippen LogP) is 4.95. The summed E-state index contributed by atoms with van der Waals surface area (Å²) in [5, 5.41) is 2.03. The Hall–Kier alpha value is -1.72. The third kappa shape index (κ3) is 2.71. The van der Waals surface area contributed by atoms with Gasteiger partial charge in [0.1, 0.15) is 5.75 Å². The highest BCUT2D eigenvalue weighted by atomic mass is 79.9. The molecular weight excluding hydrogens is 348 g/mol. The Morgan fingerprint density at radius 2 is 2.10 bits per heavy atom. The van der Waals surface area contributed by atoms with Crippen molar-refractivity contribution in [2.75, 3.05) is 7.11 Å². The topological polar surface area (TPSA) is 35.0 Å². The number of methoxy groups -OCH3 is 1. The maximum Gasteiger partial charge on any atom is 0.131 e. The molecule has 106 valence electrons. The van der Waals surface area contributed by atoms with Crippen molar-refractivity contribution in [3.63, 3.8) is 0 Å². The minimum Gasteiger partial charge on any atom is -0.496 e. The van der Waals surface area contributed by atoms with E-state index < -0.39 is 0 Å². The lowest BCUT2D eigenvalue weighted by molar-refractivity contribution is 0.413. The third-order valence-electron chi connectivity index (χ3n) is 3.26. The smallest absolute Gasteiger partial charge is 0.131 e. The van der Waals surface area contributed by atoms with Gasteiger partial charge >= 0.3 is 0 Å². The number of halogens is 1. The molecule has 0 aliphatic carbocycles. The van der Waals surface area contributed by atoms with Crippen LogP contribution in [0.25, 0.3) is 22.4 Å². The molecule has 0 aliphatic rings. The maximum atomic E-state index is 5.62. The quantitative estimate of drug-likeness (QED) is 0.662. The van der Waals surface area contributed by atoms with Gasteiger partial charge in [0.05, 0.1) is 23.9 Å². The van der Waals surface area contributed by atoms with Crippen LogP contribution in [0.15, 0.2) is 46.0 Å². The van der Waals surface area contributed by atoms with Gasteiger partial charge in [0.2, 0.25) is 0 Å². The van der Waals surface area contributed by atoms with Crippen molar-refractivity contribution in [2.45, 2.75) is 6.92 Å². The molecule has 0 aliphatic heterocycles. The van der Waals surface area contributed by atoms with E-state index >= 15 is 0 Å². The second-order valence-electron chi connectivity index (χ2n) is 4.60. The Kier molecular flexibility index (Phi) is 4.03. The van der Waals surface area contributed by atoms with Crippen molar-refractivity contribution in [3.05, 3.63) is 51.5 Å². The van der Waals surface area contributed by atoms with Crippen molar-refractivity contribution in [1.29, 1.82) is 0 Å². The summed E-state index contributed by atoms with van der Waals surface area (Å²) in [5.74, 6) is 0.860. The number of hydrogen-bond acceptors (Lipinski definition) is 4. The van der Waals surface area contributed by atoms with E-state index in [1.165, 1.54) is 0 Å². The molecule has 3 aromatic rings. The van der Waals surface area contributed by atoms with E-state index in [2.05, 4.69) is 38.0 Å². The highest BCUT2D eigenvalue weighted by molar-refractivity contribution is 9.10. The van der Waals surface area contributed by atoms with E-state index in [1.54, 1.807) is 24.6 Å². The van der Waals surface area contributed by atoms with E-state index in [1.807, 2.05) is 30.1 Å². The number of aromatic nitrogens is 2. The van der Waals surface area contributed by atoms with Crippen LogP contribution in [0.4, 0.5) is 0 Å². The summed E-state index contributed by atoms with van der Waals surface area (Å²) in [4.78, 5) is 8.71. The normalized spacial score (nSPS) is 10.6. The summed E-state index contributed by atoms with van der Waals surface area (Å²) < 4.78 is 6.57. The largest absolute Gasteiger partial charge is 0.496 e. The Balaban J connectivity index is 2.31. The first-order valence-electron chi connectivity index (χ1n) is 6.38. The second-order valence-corrected chi connectivity index (χ2v) is 6.24. The number of thiazole rings is 1. The molecule has 0 radical (unpaired) electrons. The molecule has 0 N–H and O–H groups in total. The fourth-order valence-electron chi connectivity index (χ4n) is 2.34. The molecule has 0 saturated heterocycles. The number of aryl methyl sites for hydroxylation is 1. The molecule has 0 bridgehead atoms. The van der Waals surface area contributed by atoms with Gasteiger partial charge in [0, 0.05) is 27.8 Å². The summed E-state index contributed by atoms with van der Waals surface area (Å²) in [6.45, 7) is 2.04. The van der Waals surface area contributed by atoms with Gasteiger partial charge in [-0.2, -0.15) is 0 Å². The lowest BCUT2D eigenvalue weighted by Crippen LogP contribution is -1.95. The highest BCUT2D eigenvalue weighted by Crippen LogP contribution is 2.41. The molecule has 2 aromatic heterocycles. The fourth-order valence-corrected chi connectivity index (χ4v) is 3.25. The first kappa shape index (κ1) is 14.2. The zero-order valence-corrected chi connectivity index (χ0v) is 14.0. The summed E-state index contributed by atoms with van der Waals surface area (Å²) in [7, 11) is 1.70. The molecule has 0 unspecified atom stereocenters. The van der Waals surface area contributed by atoms with Crippen molar-refractivity contribution in [2.24, 2.45) is 0 Å². The van der Waals surface area contributed by atoms with Crippen LogP contribution >= 0.6 is 27.3 Å². The molecule has 0 amide bonds. The van der Waals surface area contributed by atoms with Crippen LogP contribution in [0.2, 0.25) is 0 Å². The first-order chi connectivity index (χ1) is 10.2. The monoisotopic (exact) mass is 360 g/mol. The summed E-state index contributed by atoms with van der Waals surface area (Å²) in [6.07, 6.45) is 3.63. The Labute approximate surface area is 135 Å². The predicted molar refractivity (Wildman–Crippen MR) is 89.8 cm³/mol. The third-order valence-corrected chi connectivity index (χ3v) is 4.28. The van der Waals surface area contributed by atoms with Crippen LogP contribution in [0.5, 0.6) is 5.75 Å². The highest BCUT2D eigenvalue weighted by Gasteiger charge is 2.17. The lowest BCUT2D eigenvalue weighted by atomic mass is 9.96. The second kappa shape index (κ2) is 5.95. The molecule has 3 rings (SSSR count). The van der Waals surface area contributed by atoms with Crippen molar-refractivity contribution in [3.8, 4) is 28.1 Å². The van der Waals surface area contributed by atoms with Crippen LogP contribution < -0.4 is 4.74 Å². The summed E-state index contributed by atoms with van der Waals surface area (Å²) in [5.41, 5.74) is 6.96. The van der Waals surface area contributed by atoms with Crippen molar-refractivity contribution >= 4 is 27.3 Å². The van der Waals surface area contributed by atoms with Gasteiger partial charge in [-0.05, 0) is 40.0 Å². The summed E-state index contributed by atoms with van der Waals surface area (Å²) >= 11 is 5.05. The van der Waals surface area contributed by atoms with Crippen molar-refractivity contribution < 1.29 is 4.74 Å². The molecule has 2 heterocycles. The first-order valence-corrected chi connectivity index (χ1v) is 8.11. The molecule has 5 heteroatoms. The Morgan fingerprint density at radius 1 is 1.24 bits per heavy atom. The molecule has 0 spiro atoms. The number of benzene rings is 1. The van der Waals surface area contributed by atoms with Gasteiger partial charge in [-0.3, -0.25) is 4.98 Å². The number of pyridine rings is 1. The SMILES string of the molecule is COc1c(C)ccc(-c2cncc(Br)c2)c1-c1cscn1. The molecular formula is C16H13BrN2OS. The fraction of sp³-hybridized carbons (Fsp3) is 0.125. The van der Waals surface area contributed by atoms with Crippen molar-refractivity contribution in [1.82, 2.24) is 9.97 Å². The zero-order chi connectivity index (χ0) is 14.8. The van der Waals surface area contributed by atoms with E-state index in [4.69, 9.17) is 4.74 Å². The van der Waals surface area contributed by atoms with Gasteiger partial charge in [0.25, 0.3) is 0 Å². The average molecular weight is 361 g/mol. The Morgan fingerprint density at radius 3 is 2.76 bits per heavy atom. The van der Waals surface area contributed by atoms with Gasteiger partial charge in [-0.15, -0.1) is 11.3 Å². The summed E-state index contributed by atoms with van der Waals surface area (Å²) in [6, 6.07) is 6.20. The molecule has 21 heavy (non-hydrogen) atoms. The van der Waals surface area contributed by atoms with Gasteiger partial charge < -0.3 is 4.74 Å². The number of hydrogen-bond donors (Lipinski definition) is 0. The van der Waals surface area contributed by atoms with Crippen LogP contribution in [-0.2, 0) is 0 Å². The maximum absolute atomic E-state index is 5.62. The van der Waals surface area contributed by atoms with E-state index in [0.717, 1.165) is 38.2 Å². The zero-order valence-electron chi connectivity index (χ0n) is 11.6. The molecule has 0 saturated carbocycles. The van der Waals surface area contributed by atoms with Crippen LogP contribution in [-0.4, -0.2) is 17.1 Å². The number of nitrogens with zero attached hydrogens (tertiary/aromatic N) is 2. The number of rotatable bonds is 3. The standard InChI is InChI=1S/C16H13BrN2OS/c1-10-3-4-13(11-5-12(17)7-18-6-11)15(16(10)20-2)14-8-21-9-19-14/h3-9H,1-2H3. The van der Waals surface area contributed by atoms with E-state index in [9.17, 15) is 0 Å². The number of ether oxygens (including phenoxy) is 1. The van der Waals surface area contributed by atoms with Gasteiger partial charge in [-0.1, -0.05) is 12.1 Å². The molecule has 1 aromatic carbocycles. The minimum absolute atomic E-state index is 0.860. The van der Waals surface area contributed by atoms with Crippen LogP contribution in [0.3, 0.4) is 0 Å². The van der Waals surface area contributed by atoms with Gasteiger partial charge in [0.15, 0.2) is 0 Å². The average Bonchev–Trinajstić information content (AvgIpc) is 3.00. The van der Waals surface area contributed by atoms with E-state index in [0.29, 0.717) is 0 Å². The molecule has 0 atom stereocenters. The van der Waals surface area contributed by atoms with Crippen LogP contribution in [0, 0.1) is 6.92 Å². The van der Waals surface area contributed by atoms with E-state index in [-0.39, 0.29) is 0 Å².